The maximum atomic E-state index is 13.4. The normalized spacial score (nSPS) is 12.0. The van der Waals surface area contributed by atoms with E-state index in [1.165, 1.54) is 24.3 Å². The van der Waals surface area contributed by atoms with Crippen LogP contribution in [0.2, 0.25) is 5.02 Å². The summed E-state index contributed by atoms with van der Waals surface area (Å²) in [7, 11) is -2.56. The molecule has 0 amide bonds. The lowest BCUT2D eigenvalue weighted by molar-refractivity contribution is -0.137. The quantitative estimate of drug-likeness (QED) is 0.191. The highest BCUT2D eigenvalue weighted by Crippen LogP contribution is 2.36. The van der Waals surface area contributed by atoms with E-state index in [-0.39, 0.29) is 34.4 Å². The first-order chi connectivity index (χ1) is 18.4. The topological polar surface area (TPSA) is 72.9 Å². The van der Waals surface area contributed by atoms with Crippen molar-refractivity contribution in [2.75, 3.05) is 33.1 Å². The molecule has 11 heteroatoms. The molecule has 39 heavy (non-hydrogen) atoms. The van der Waals surface area contributed by atoms with Gasteiger partial charge in [0, 0.05) is 25.9 Å². The van der Waals surface area contributed by atoms with Crippen LogP contribution in [0.25, 0.3) is 0 Å². The van der Waals surface area contributed by atoms with E-state index in [1.54, 1.807) is 6.07 Å². The molecular weight excluding hydrogens is 555 g/mol. The van der Waals surface area contributed by atoms with E-state index in [1.807, 2.05) is 35.2 Å². The molecule has 0 fully saturated rings. The number of alkyl halides is 3. The Kier molecular flexibility index (Phi) is 10.4. The average Bonchev–Trinajstić information content (AvgIpc) is 2.89. The molecule has 0 saturated heterocycles. The van der Waals surface area contributed by atoms with Crippen LogP contribution in [-0.4, -0.2) is 52.3 Å². The van der Waals surface area contributed by atoms with Crippen molar-refractivity contribution >= 4 is 27.4 Å². The minimum atomic E-state index is -4.55. The Hall–Kier alpha value is -3.08. The monoisotopic (exact) mass is 583 g/mol. The Balaban J connectivity index is 1.70. The van der Waals surface area contributed by atoms with Crippen LogP contribution >= 0.6 is 11.6 Å². The van der Waals surface area contributed by atoms with Gasteiger partial charge >= 0.3 is 12.1 Å². The van der Waals surface area contributed by atoms with Crippen LogP contribution in [-0.2, 0) is 33.7 Å². The van der Waals surface area contributed by atoms with Crippen LogP contribution in [0.1, 0.15) is 33.5 Å². The van der Waals surface area contributed by atoms with Crippen LogP contribution < -0.4 is 4.74 Å². The zero-order valence-electron chi connectivity index (χ0n) is 21.5. The molecule has 3 aromatic rings. The van der Waals surface area contributed by atoms with E-state index in [4.69, 9.17) is 16.3 Å². The number of carbonyl (C=O) groups is 1. The number of sulfone groups is 1. The lowest BCUT2D eigenvalue weighted by atomic mass is 10.1. The van der Waals surface area contributed by atoms with Gasteiger partial charge < -0.3 is 9.47 Å². The van der Waals surface area contributed by atoms with Gasteiger partial charge in [-0.15, -0.1) is 0 Å². The SMILES string of the molecule is COC(=O)c1ccc(OCCCN(CCc2ccccc2)Cc2cccc(C(F)(F)F)c2Cl)cc1S(C)(=O)=O. The summed E-state index contributed by atoms with van der Waals surface area (Å²) in [6.07, 6.45) is -2.38. The summed E-state index contributed by atoms with van der Waals surface area (Å²) in [6.45, 7) is 1.47. The molecule has 0 aliphatic carbocycles. The minimum absolute atomic E-state index is 0.0857. The van der Waals surface area contributed by atoms with Crippen molar-refractivity contribution in [2.24, 2.45) is 0 Å². The summed E-state index contributed by atoms with van der Waals surface area (Å²) >= 11 is 6.14. The summed E-state index contributed by atoms with van der Waals surface area (Å²) in [5.74, 6) is -0.510. The molecule has 0 aliphatic heterocycles. The zero-order chi connectivity index (χ0) is 28.6. The van der Waals surface area contributed by atoms with Crippen molar-refractivity contribution in [3.8, 4) is 5.75 Å². The maximum Gasteiger partial charge on any atom is 0.417 e. The first kappa shape index (κ1) is 30.5. The van der Waals surface area contributed by atoms with Gasteiger partial charge in [0.2, 0.25) is 0 Å². The number of carbonyl (C=O) groups excluding carboxylic acids is 1. The number of hydrogen-bond acceptors (Lipinski definition) is 6. The number of halogens is 4. The van der Waals surface area contributed by atoms with E-state index < -0.39 is 27.5 Å². The van der Waals surface area contributed by atoms with Crippen molar-refractivity contribution in [1.29, 1.82) is 0 Å². The van der Waals surface area contributed by atoms with E-state index in [9.17, 15) is 26.4 Å². The van der Waals surface area contributed by atoms with Gasteiger partial charge in [0.1, 0.15) is 5.75 Å². The molecule has 210 valence electrons. The molecule has 0 unspecified atom stereocenters. The second-order valence-corrected chi connectivity index (χ2v) is 11.3. The minimum Gasteiger partial charge on any atom is -0.494 e. The second-order valence-electron chi connectivity index (χ2n) is 8.91. The Morgan fingerprint density at radius 2 is 1.72 bits per heavy atom. The van der Waals surface area contributed by atoms with Gasteiger partial charge in [-0.25, -0.2) is 13.2 Å². The summed E-state index contributed by atoms with van der Waals surface area (Å²) in [5.41, 5.74) is 0.507. The van der Waals surface area contributed by atoms with Crippen molar-refractivity contribution < 1.29 is 35.9 Å². The molecule has 0 N–H and O–H groups in total. The summed E-state index contributed by atoms with van der Waals surface area (Å²) in [4.78, 5) is 13.7. The van der Waals surface area contributed by atoms with Gasteiger partial charge in [0.05, 0.1) is 34.8 Å². The Bertz CT molecular complexity index is 1380. The summed E-state index contributed by atoms with van der Waals surface area (Å²) < 4.78 is 74.8. The predicted molar refractivity (Wildman–Crippen MR) is 143 cm³/mol. The molecule has 6 nitrogen and oxygen atoms in total. The molecule has 3 aromatic carbocycles. The molecule has 0 bridgehead atoms. The molecule has 0 atom stereocenters. The summed E-state index contributed by atoms with van der Waals surface area (Å²) in [6, 6.07) is 17.7. The Labute approximate surface area is 231 Å². The van der Waals surface area contributed by atoms with E-state index in [2.05, 4.69) is 4.74 Å². The highest BCUT2D eigenvalue weighted by molar-refractivity contribution is 7.90. The molecule has 0 aromatic heterocycles. The molecule has 0 saturated carbocycles. The number of ether oxygens (including phenoxy) is 2. The van der Waals surface area contributed by atoms with Crippen LogP contribution in [0.5, 0.6) is 5.75 Å². The third kappa shape index (κ3) is 8.71. The molecular formula is C28H29ClF3NO5S. The van der Waals surface area contributed by atoms with Crippen LogP contribution in [0.15, 0.2) is 71.6 Å². The Morgan fingerprint density at radius 3 is 2.36 bits per heavy atom. The van der Waals surface area contributed by atoms with Crippen molar-refractivity contribution in [3.63, 3.8) is 0 Å². The average molecular weight is 584 g/mol. The number of methoxy groups -OCH3 is 1. The van der Waals surface area contributed by atoms with Gasteiger partial charge in [-0.2, -0.15) is 13.2 Å². The highest BCUT2D eigenvalue weighted by Gasteiger charge is 2.34. The van der Waals surface area contributed by atoms with Crippen molar-refractivity contribution in [3.05, 3.63) is 94.0 Å². The van der Waals surface area contributed by atoms with Gasteiger partial charge in [0.15, 0.2) is 9.84 Å². The van der Waals surface area contributed by atoms with Gasteiger partial charge in [-0.05, 0) is 48.2 Å². The molecule has 3 rings (SSSR count). The number of rotatable bonds is 12. The van der Waals surface area contributed by atoms with Crippen molar-refractivity contribution in [2.45, 2.75) is 30.5 Å². The smallest absolute Gasteiger partial charge is 0.417 e. The van der Waals surface area contributed by atoms with Crippen LogP contribution in [0, 0.1) is 0 Å². The number of benzene rings is 3. The highest BCUT2D eigenvalue weighted by atomic mass is 35.5. The third-order valence-electron chi connectivity index (χ3n) is 5.98. The fraction of sp³-hybridized carbons (Fsp3) is 0.321. The fourth-order valence-electron chi connectivity index (χ4n) is 4.02. The second kappa shape index (κ2) is 13.3. The summed E-state index contributed by atoms with van der Waals surface area (Å²) in [5, 5.41) is -0.315. The number of nitrogens with zero attached hydrogens (tertiary/aromatic N) is 1. The van der Waals surface area contributed by atoms with E-state index in [0.29, 0.717) is 31.5 Å². The molecule has 0 spiro atoms. The van der Waals surface area contributed by atoms with Gasteiger partial charge in [-0.1, -0.05) is 54.1 Å². The zero-order valence-corrected chi connectivity index (χ0v) is 23.1. The van der Waals surface area contributed by atoms with Crippen molar-refractivity contribution in [1.82, 2.24) is 4.90 Å². The van der Waals surface area contributed by atoms with Crippen LogP contribution in [0.3, 0.4) is 0 Å². The lowest BCUT2D eigenvalue weighted by Gasteiger charge is -2.24. The standard InChI is InChI=1S/C28H29ClF3NO5S/c1-37-27(34)23-13-12-22(18-25(23)39(2,35)36)38-17-7-15-33(16-14-20-8-4-3-5-9-20)19-21-10-6-11-24(26(21)29)28(30,31)32/h3-6,8-13,18H,7,14-17,19H2,1-2H3. The molecule has 0 radical (unpaired) electrons. The first-order valence-electron chi connectivity index (χ1n) is 12.1. The van der Waals surface area contributed by atoms with Gasteiger partial charge in [-0.3, -0.25) is 4.90 Å². The van der Waals surface area contributed by atoms with E-state index >= 15 is 0 Å². The third-order valence-corrected chi connectivity index (χ3v) is 7.57. The largest absolute Gasteiger partial charge is 0.494 e. The lowest BCUT2D eigenvalue weighted by Crippen LogP contribution is -2.28. The molecule has 0 heterocycles. The number of esters is 1. The molecule has 0 aliphatic rings. The predicted octanol–water partition coefficient (Wildman–Crippen LogP) is 6.06. The Morgan fingerprint density at radius 1 is 1.00 bits per heavy atom. The van der Waals surface area contributed by atoms with Crippen LogP contribution in [0.4, 0.5) is 13.2 Å². The fourth-order valence-corrected chi connectivity index (χ4v) is 5.19. The van der Waals surface area contributed by atoms with E-state index in [0.717, 1.165) is 25.0 Å². The first-order valence-corrected chi connectivity index (χ1v) is 14.3. The maximum absolute atomic E-state index is 13.4. The number of hydrogen-bond donors (Lipinski definition) is 0. The van der Waals surface area contributed by atoms with Gasteiger partial charge in [0.25, 0.3) is 0 Å².